The Morgan fingerprint density at radius 1 is 1.03 bits per heavy atom. The number of carboxylic acid groups (broad SMARTS) is 1. The Balaban J connectivity index is 1.65. The minimum atomic E-state index is -0.789. The van der Waals surface area contributed by atoms with Gasteiger partial charge in [-0.1, -0.05) is 20.8 Å². The Kier molecular flexibility index (Phi) is 7.11. The minimum absolute atomic E-state index is 0.0463. The molecule has 4 fully saturated rings. The van der Waals surface area contributed by atoms with Crippen LogP contribution in [-0.2, 0) is 28.7 Å². The molecule has 0 aromatic heterocycles. The van der Waals surface area contributed by atoms with E-state index in [-0.39, 0.29) is 76.9 Å². The van der Waals surface area contributed by atoms with Gasteiger partial charge in [0.1, 0.15) is 18.0 Å². The number of carboxylic acids is 1. The molecule has 0 unspecified atom stereocenters. The Bertz CT molecular complexity index is 883. The number of ether oxygens (including phenoxy) is 2. The third-order valence-electron chi connectivity index (χ3n) is 10.7. The molecule has 0 saturated heterocycles. The third kappa shape index (κ3) is 4.53. The molecule has 0 heterocycles. The molecule has 196 valence electrons. The van der Waals surface area contributed by atoms with Crippen LogP contribution in [0.2, 0.25) is 0 Å². The van der Waals surface area contributed by atoms with Gasteiger partial charge in [-0.3, -0.25) is 19.2 Å². The summed E-state index contributed by atoms with van der Waals surface area (Å²) < 4.78 is 11.6. The van der Waals surface area contributed by atoms with Gasteiger partial charge in [0.15, 0.2) is 0 Å². The Labute approximate surface area is 208 Å². The summed E-state index contributed by atoms with van der Waals surface area (Å²) in [4.78, 5) is 48.8. The van der Waals surface area contributed by atoms with E-state index in [1.807, 2.05) is 0 Å². The third-order valence-corrected chi connectivity index (χ3v) is 10.7. The normalized spacial score (nSPS) is 43.3. The van der Waals surface area contributed by atoms with Crippen LogP contribution in [0.5, 0.6) is 0 Å². The fourth-order valence-corrected chi connectivity index (χ4v) is 9.07. The molecular formula is C28H42O7. The second-order valence-corrected chi connectivity index (χ2v) is 12.4. The van der Waals surface area contributed by atoms with Crippen molar-refractivity contribution in [2.45, 2.75) is 105 Å². The molecule has 7 nitrogen and oxygen atoms in total. The van der Waals surface area contributed by atoms with Gasteiger partial charge in [0.2, 0.25) is 0 Å². The first-order valence-electron chi connectivity index (χ1n) is 13.5. The summed E-state index contributed by atoms with van der Waals surface area (Å²) in [5.41, 5.74) is -0.388. The van der Waals surface area contributed by atoms with E-state index in [1.54, 1.807) is 0 Å². The first-order valence-corrected chi connectivity index (χ1v) is 13.5. The van der Waals surface area contributed by atoms with Crippen molar-refractivity contribution in [3.63, 3.8) is 0 Å². The second kappa shape index (κ2) is 9.51. The molecule has 4 rings (SSSR count). The summed E-state index contributed by atoms with van der Waals surface area (Å²) in [5.74, 6) is -0.233. The lowest BCUT2D eigenvalue weighted by Crippen LogP contribution is -2.62. The van der Waals surface area contributed by atoms with Gasteiger partial charge in [0, 0.05) is 38.0 Å². The summed E-state index contributed by atoms with van der Waals surface area (Å²) in [7, 11) is 0. The van der Waals surface area contributed by atoms with Crippen LogP contribution in [0.1, 0.15) is 92.4 Å². The van der Waals surface area contributed by atoms with Crippen LogP contribution >= 0.6 is 0 Å². The van der Waals surface area contributed by atoms with Gasteiger partial charge >= 0.3 is 17.9 Å². The van der Waals surface area contributed by atoms with Gasteiger partial charge in [-0.25, -0.2) is 0 Å². The molecule has 35 heavy (non-hydrogen) atoms. The highest BCUT2D eigenvalue weighted by molar-refractivity contribution is 5.83. The molecule has 0 spiro atoms. The Morgan fingerprint density at radius 3 is 2.34 bits per heavy atom. The zero-order valence-corrected chi connectivity index (χ0v) is 21.9. The number of aliphatic carboxylic acids is 1. The van der Waals surface area contributed by atoms with E-state index in [9.17, 15) is 24.3 Å². The summed E-state index contributed by atoms with van der Waals surface area (Å²) in [5, 5.41) is 9.23. The van der Waals surface area contributed by atoms with E-state index >= 15 is 0 Å². The lowest BCUT2D eigenvalue weighted by molar-refractivity contribution is -0.197. The lowest BCUT2D eigenvalue weighted by atomic mass is 9.43. The van der Waals surface area contributed by atoms with E-state index in [2.05, 4.69) is 20.8 Å². The molecule has 4 aliphatic rings. The molecule has 10 atom stereocenters. The number of rotatable bonds is 6. The van der Waals surface area contributed by atoms with Crippen LogP contribution in [0.4, 0.5) is 0 Å². The maximum atomic E-state index is 13.8. The first kappa shape index (κ1) is 26.2. The van der Waals surface area contributed by atoms with Crippen LogP contribution in [0, 0.1) is 46.3 Å². The molecule has 0 aliphatic heterocycles. The van der Waals surface area contributed by atoms with Crippen LogP contribution in [0.3, 0.4) is 0 Å². The van der Waals surface area contributed by atoms with Gasteiger partial charge in [0.05, 0.1) is 0 Å². The van der Waals surface area contributed by atoms with Crippen molar-refractivity contribution in [3.8, 4) is 0 Å². The number of Topliss-reactive ketones (excluding diaryl/α,β-unsaturated/α-hetero) is 1. The van der Waals surface area contributed by atoms with Crippen molar-refractivity contribution in [3.05, 3.63) is 0 Å². The molecule has 0 bridgehead atoms. The van der Waals surface area contributed by atoms with Gasteiger partial charge in [-0.2, -0.15) is 0 Å². The highest BCUT2D eigenvalue weighted by Gasteiger charge is 2.67. The standard InChI is InChI=1S/C28H42O7/c1-15(6-9-25(32)33)20-7-8-21-26-22(14-24(28(20,21)5)35-17(3)30)27(4)11-10-19(34-16(2)29)12-18(27)13-23(26)31/h15,18-22,24,26H,6-14H2,1-5H3,(H,32,33)/t15-,18-,19+,20+,21+,22+,24-,26-,27-,28+/m0/s1. The van der Waals surface area contributed by atoms with E-state index in [0.717, 1.165) is 32.1 Å². The number of carbonyl (C=O) groups excluding carboxylic acids is 3. The van der Waals surface area contributed by atoms with Gasteiger partial charge in [0.25, 0.3) is 0 Å². The smallest absolute Gasteiger partial charge is 0.303 e. The first-order chi connectivity index (χ1) is 16.4. The van der Waals surface area contributed by atoms with Crippen molar-refractivity contribution in [2.75, 3.05) is 0 Å². The largest absolute Gasteiger partial charge is 0.481 e. The van der Waals surface area contributed by atoms with E-state index in [0.29, 0.717) is 25.0 Å². The minimum Gasteiger partial charge on any atom is -0.481 e. The molecule has 0 aromatic carbocycles. The highest BCUT2D eigenvalue weighted by Crippen LogP contribution is 2.68. The maximum absolute atomic E-state index is 13.8. The van der Waals surface area contributed by atoms with Crippen LogP contribution in [-0.4, -0.2) is 41.0 Å². The topological polar surface area (TPSA) is 107 Å². The zero-order valence-electron chi connectivity index (χ0n) is 21.9. The van der Waals surface area contributed by atoms with Crippen molar-refractivity contribution in [1.82, 2.24) is 0 Å². The number of fused-ring (bicyclic) bond motifs is 5. The summed E-state index contributed by atoms with van der Waals surface area (Å²) in [6, 6.07) is 0. The summed E-state index contributed by atoms with van der Waals surface area (Å²) >= 11 is 0. The highest BCUT2D eigenvalue weighted by atomic mass is 16.5. The van der Waals surface area contributed by atoms with E-state index in [4.69, 9.17) is 9.47 Å². The van der Waals surface area contributed by atoms with Crippen molar-refractivity contribution in [1.29, 1.82) is 0 Å². The molecule has 0 aromatic rings. The quantitative estimate of drug-likeness (QED) is 0.533. The molecule has 1 N–H and O–H groups in total. The van der Waals surface area contributed by atoms with Crippen LogP contribution in [0.15, 0.2) is 0 Å². The lowest BCUT2D eigenvalue weighted by Gasteiger charge is -2.62. The Hall–Kier alpha value is -1.92. The predicted molar refractivity (Wildman–Crippen MR) is 128 cm³/mol. The van der Waals surface area contributed by atoms with Crippen molar-refractivity contribution >= 4 is 23.7 Å². The van der Waals surface area contributed by atoms with Crippen molar-refractivity contribution in [2.24, 2.45) is 46.3 Å². The summed E-state index contributed by atoms with van der Waals surface area (Å²) in [6.07, 6.45) is 5.80. The van der Waals surface area contributed by atoms with Gasteiger partial charge < -0.3 is 14.6 Å². The zero-order chi connectivity index (χ0) is 25.7. The summed E-state index contributed by atoms with van der Waals surface area (Å²) in [6.45, 7) is 9.53. The number of hydrogen-bond donors (Lipinski definition) is 1. The fraction of sp³-hybridized carbons (Fsp3) is 0.857. The average molecular weight is 491 g/mol. The number of hydrogen-bond acceptors (Lipinski definition) is 6. The molecule has 4 aliphatic carbocycles. The van der Waals surface area contributed by atoms with Crippen molar-refractivity contribution < 1.29 is 33.8 Å². The molecular weight excluding hydrogens is 448 g/mol. The number of esters is 2. The fourth-order valence-electron chi connectivity index (χ4n) is 9.07. The number of carbonyl (C=O) groups is 4. The molecule has 4 saturated carbocycles. The average Bonchev–Trinajstić information content (AvgIpc) is 3.11. The van der Waals surface area contributed by atoms with Gasteiger partial charge in [-0.15, -0.1) is 0 Å². The second-order valence-electron chi connectivity index (χ2n) is 12.4. The molecule has 0 radical (unpaired) electrons. The SMILES string of the molecule is CC(=O)O[C@@H]1CC[C@@]2(C)[C@H](CC(=O)[C@@H]3[C@H]2C[C@H](OC(C)=O)[C@@]2(C)[C@@H]3CC[C@@H]2[C@@H](C)CCC(=O)O)C1. The van der Waals surface area contributed by atoms with E-state index in [1.165, 1.54) is 13.8 Å². The predicted octanol–water partition coefficient (Wildman–Crippen LogP) is 4.80. The van der Waals surface area contributed by atoms with Crippen LogP contribution < -0.4 is 0 Å². The molecule has 0 amide bonds. The molecule has 7 heteroatoms. The maximum Gasteiger partial charge on any atom is 0.303 e. The number of ketones is 1. The Morgan fingerprint density at radius 2 is 1.71 bits per heavy atom. The van der Waals surface area contributed by atoms with E-state index < -0.39 is 5.97 Å². The van der Waals surface area contributed by atoms with Crippen LogP contribution in [0.25, 0.3) is 0 Å². The monoisotopic (exact) mass is 490 g/mol. The van der Waals surface area contributed by atoms with Gasteiger partial charge in [-0.05, 0) is 80.0 Å².